The van der Waals surface area contributed by atoms with Crippen LogP contribution in [0.1, 0.15) is 27.2 Å². The Bertz CT molecular complexity index is 435. The molecular formula is C15H22N2. The fraction of sp³-hybridized carbons (Fsp3) is 0.600. The van der Waals surface area contributed by atoms with Crippen LogP contribution in [0.25, 0.3) is 0 Å². The smallest absolute Gasteiger partial charge is 0.0367 e. The summed E-state index contributed by atoms with van der Waals surface area (Å²) in [6.45, 7) is 9.66. The van der Waals surface area contributed by atoms with Crippen molar-refractivity contribution >= 4 is 11.4 Å². The standard InChI is InChI=1S/C15H22N2/c1-11-14(2,3)15(11)8-9-17(10-15)13-6-4-12(16)5-7-13/h4-7,11H,8-10,16H2,1-3H3. The molecule has 1 saturated heterocycles. The summed E-state index contributed by atoms with van der Waals surface area (Å²) in [5, 5.41) is 0. The predicted molar refractivity (Wildman–Crippen MR) is 73.1 cm³/mol. The number of nitrogens with two attached hydrogens (primary N) is 1. The molecule has 2 nitrogen and oxygen atoms in total. The van der Waals surface area contributed by atoms with Crippen molar-refractivity contribution in [1.82, 2.24) is 0 Å². The third-order valence-electron chi connectivity index (χ3n) is 5.67. The van der Waals surface area contributed by atoms with Gasteiger partial charge in [-0.25, -0.2) is 0 Å². The number of hydrogen-bond donors (Lipinski definition) is 1. The molecule has 2 aliphatic rings. The highest BCUT2D eigenvalue weighted by molar-refractivity contribution is 5.54. The molecule has 0 amide bonds. The van der Waals surface area contributed by atoms with Gasteiger partial charge in [0.25, 0.3) is 0 Å². The van der Waals surface area contributed by atoms with Gasteiger partial charge in [0.15, 0.2) is 0 Å². The quantitative estimate of drug-likeness (QED) is 0.751. The minimum Gasteiger partial charge on any atom is -0.399 e. The molecule has 3 rings (SSSR count). The molecule has 2 atom stereocenters. The lowest BCUT2D eigenvalue weighted by molar-refractivity contribution is 0.421. The average molecular weight is 230 g/mol. The van der Waals surface area contributed by atoms with Gasteiger partial charge in [-0.3, -0.25) is 0 Å². The zero-order valence-electron chi connectivity index (χ0n) is 11.0. The van der Waals surface area contributed by atoms with E-state index in [0.717, 1.165) is 11.6 Å². The predicted octanol–water partition coefficient (Wildman–Crippen LogP) is 3.14. The fourth-order valence-corrected chi connectivity index (χ4v) is 3.85. The number of nitrogen functional groups attached to an aromatic ring is 1. The third kappa shape index (κ3) is 1.33. The molecule has 92 valence electrons. The van der Waals surface area contributed by atoms with Crippen LogP contribution < -0.4 is 10.6 Å². The first-order valence-corrected chi connectivity index (χ1v) is 6.58. The zero-order chi connectivity index (χ0) is 12.3. The van der Waals surface area contributed by atoms with Crippen molar-refractivity contribution in [1.29, 1.82) is 0 Å². The Morgan fingerprint density at radius 1 is 1.24 bits per heavy atom. The zero-order valence-corrected chi connectivity index (χ0v) is 11.0. The molecule has 1 spiro atoms. The van der Waals surface area contributed by atoms with E-state index in [0.29, 0.717) is 10.8 Å². The van der Waals surface area contributed by atoms with Crippen LogP contribution in [0.15, 0.2) is 24.3 Å². The van der Waals surface area contributed by atoms with Crippen LogP contribution >= 0.6 is 0 Å². The molecule has 2 N–H and O–H groups in total. The van der Waals surface area contributed by atoms with Crippen molar-refractivity contribution in [3.8, 4) is 0 Å². The molecule has 1 aliphatic carbocycles. The van der Waals surface area contributed by atoms with Crippen LogP contribution in [0.2, 0.25) is 0 Å². The average Bonchev–Trinajstić information content (AvgIpc) is 2.71. The monoisotopic (exact) mass is 230 g/mol. The maximum Gasteiger partial charge on any atom is 0.0367 e. The van der Waals surface area contributed by atoms with Gasteiger partial charge in [0.1, 0.15) is 0 Å². The van der Waals surface area contributed by atoms with Crippen LogP contribution in [0.4, 0.5) is 11.4 Å². The maximum absolute atomic E-state index is 5.74. The van der Waals surface area contributed by atoms with Crippen molar-refractivity contribution in [3.63, 3.8) is 0 Å². The Hall–Kier alpha value is -1.18. The van der Waals surface area contributed by atoms with Crippen LogP contribution in [0.5, 0.6) is 0 Å². The molecule has 1 heterocycles. The van der Waals surface area contributed by atoms with Crippen LogP contribution in [-0.4, -0.2) is 13.1 Å². The van der Waals surface area contributed by atoms with Crippen molar-refractivity contribution in [2.75, 3.05) is 23.7 Å². The van der Waals surface area contributed by atoms with E-state index in [4.69, 9.17) is 5.73 Å². The van der Waals surface area contributed by atoms with Crippen molar-refractivity contribution < 1.29 is 0 Å². The minimum atomic E-state index is 0.523. The number of benzene rings is 1. The van der Waals surface area contributed by atoms with E-state index >= 15 is 0 Å². The lowest BCUT2D eigenvalue weighted by Gasteiger charge is -2.20. The number of rotatable bonds is 1. The van der Waals surface area contributed by atoms with E-state index < -0.39 is 0 Å². The summed E-state index contributed by atoms with van der Waals surface area (Å²) in [5.41, 5.74) is 9.00. The SMILES string of the molecule is CC1C(C)(C)C12CCN(c1ccc(N)cc1)C2. The maximum atomic E-state index is 5.74. The van der Waals surface area contributed by atoms with Gasteiger partial charge in [-0.15, -0.1) is 0 Å². The highest BCUT2D eigenvalue weighted by atomic mass is 15.2. The largest absolute Gasteiger partial charge is 0.399 e. The molecule has 2 unspecified atom stereocenters. The molecule has 17 heavy (non-hydrogen) atoms. The van der Waals surface area contributed by atoms with Crippen molar-refractivity contribution in [2.45, 2.75) is 27.2 Å². The van der Waals surface area contributed by atoms with Gasteiger partial charge in [-0.05, 0) is 47.4 Å². The summed E-state index contributed by atoms with van der Waals surface area (Å²) >= 11 is 0. The molecule has 0 aromatic heterocycles. The third-order valence-corrected chi connectivity index (χ3v) is 5.67. The van der Waals surface area contributed by atoms with E-state index in [2.05, 4.69) is 37.8 Å². The van der Waals surface area contributed by atoms with Gasteiger partial charge in [0.05, 0.1) is 0 Å². The second-order valence-corrected chi connectivity index (χ2v) is 6.36. The van der Waals surface area contributed by atoms with E-state index in [-0.39, 0.29) is 0 Å². The minimum absolute atomic E-state index is 0.523. The Morgan fingerprint density at radius 3 is 2.29 bits per heavy atom. The molecule has 1 saturated carbocycles. The molecular weight excluding hydrogens is 208 g/mol. The van der Waals surface area contributed by atoms with E-state index in [1.54, 1.807) is 0 Å². The number of hydrogen-bond acceptors (Lipinski definition) is 2. The first-order chi connectivity index (χ1) is 7.97. The van der Waals surface area contributed by atoms with Crippen molar-refractivity contribution in [2.24, 2.45) is 16.7 Å². The van der Waals surface area contributed by atoms with Gasteiger partial charge in [-0.1, -0.05) is 20.8 Å². The van der Waals surface area contributed by atoms with Crippen LogP contribution in [-0.2, 0) is 0 Å². The first kappa shape index (κ1) is 10.9. The topological polar surface area (TPSA) is 29.3 Å². The summed E-state index contributed by atoms with van der Waals surface area (Å²) in [7, 11) is 0. The molecule has 0 bridgehead atoms. The molecule has 1 aromatic carbocycles. The summed E-state index contributed by atoms with van der Waals surface area (Å²) in [4.78, 5) is 2.52. The Labute approximate surface area is 104 Å². The van der Waals surface area contributed by atoms with E-state index in [1.165, 1.54) is 25.2 Å². The summed E-state index contributed by atoms with van der Waals surface area (Å²) in [6.07, 6.45) is 1.34. The first-order valence-electron chi connectivity index (χ1n) is 6.58. The highest BCUT2D eigenvalue weighted by Crippen LogP contribution is 2.72. The van der Waals surface area contributed by atoms with Gasteiger partial charge in [0.2, 0.25) is 0 Å². The summed E-state index contributed by atoms with van der Waals surface area (Å²) in [5.74, 6) is 0.855. The molecule has 1 aliphatic heterocycles. The lowest BCUT2D eigenvalue weighted by atomic mass is 9.95. The number of nitrogens with zero attached hydrogens (tertiary/aromatic N) is 1. The van der Waals surface area contributed by atoms with Crippen LogP contribution in [0.3, 0.4) is 0 Å². The fourth-order valence-electron chi connectivity index (χ4n) is 3.85. The van der Waals surface area contributed by atoms with E-state index in [1.807, 2.05) is 12.1 Å². The Balaban J connectivity index is 1.80. The Kier molecular flexibility index (Phi) is 2.05. The number of anilines is 2. The normalized spacial score (nSPS) is 34.3. The second kappa shape index (κ2) is 3.18. The molecule has 0 radical (unpaired) electrons. The molecule has 2 fully saturated rings. The van der Waals surface area contributed by atoms with Gasteiger partial charge >= 0.3 is 0 Å². The van der Waals surface area contributed by atoms with E-state index in [9.17, 15) is 0 Å². The van der Waals surface area contributed by atoms with Gasteiger partial charge < -0.3 is 10.6 Å². The lowest BCUT2D eigenvalue weighted by Crippen LogP contribution is -2.21. The van der Waals surface area contributed by atoms with Gasteiger partial charge in [0, 0.05) is 24.5 Å². The van der Waals surface area contributed by atoms with Crippen LogP contribution in [0, 0.1) is 16.7 Å². The van der Waals surface area contributed by atoms with Crippen molar-refractivity contribution in [3.05, 3.63) is 24.3 Å². The highest BCUT2D eigenvalue weighted by Gasteiger charge is 2.69. The summed E-state index contributed by atoms with van der Waals surface area (Å²) in [6, 6.07) is 8.30. The Morgan fingerprint density at radius 2 is 1.82 bits per heavy atom. The summed E-state index contributed by atoms with van der Waals surface area (Å²) < 4.78 is 0. The van der Waals surface area contributed by atoms with Gasteiger partial charge in [-0.2, -0.15) is 0 Å². The molecule has 2 heteroatoms. The molecule has 1 aromatic rings. The second-order valence-electron chi connectivity index (χ2n) is 6.36.